The zero-order chi connectivity index (χ0) is 23.9. The van der Waals surface area contributed by atoms with Crippen LogP contribution < -0.4 is 4.74 Å². The fourth-order valence-corrected chi connectivity index (χ4v) is 4.77. The minimum Gasteiger partial charge on any atom is -0.493 e. The van der Waals surface area contributed by atoms with Crippen LogP contribution in [-0.2, 0) is 31.4 Å². The third-order valence-electron chi connectivity index (χ3n) is 5.07. The maximum Gasteiger partial charge on any atom is 0.334 e. The number of rotatable bonds is 16. The summed E-state index contributed by atoms with van der Waals surface area (Å²) in [6, 6.07) is 18.2. The molecule has 0 amide bonds. The minimum absolute atomic E-state index is 0.153. The summed E-state index contributed by atoms with van der Waals surface area (Å²) in [7, 11) is -1.08. The number of hydrogen-bond acceptors (Lipinski definition) is 6. The van der Waals surface area contributed by atoms with E-state index in [0.717, 1.165) is 17.5 Å². The maximum atomic E-state index is 12.5. The minimum atomic E-state index is -3.10. The lowest BCUT2D eigenvalue weighted by Crippen LogP contribution is -2.37. The van der Waals surface area contributed by atoms with Gasteiger partial charge in [0.05, 0.1) is 45.7 Å². The third kappa shape index (κ3) is 10.1. The lowest BCUT2D eigenvalue weighted by molar-refractivity contribution is 0.0646. The fraction of sp³-hybridized carbons (Fsp3) is 0.462. The molecule has 0 aromatic heterocycles. The van der Waals surface area contributed by atoms with Gasteiger partial charge in [0, 0.05) is 6.04 Å². The Kier molecular flexibility index (Phi) is 12.2. The van der Waals surface area contributed by atoms with Crippen LogP contribution >= 0.6 is 7.60 Å². The highest BCUT2D eigenvalue weighted by molar-refractivity contribution is 7.53. The summed E-state index contributed by atoms with van der Waals surface area (Å²) >= 11 is 0. The Labute approximate surface area is 198 Å². The Hall–Kier alpha value is -2.13. The zero-order valence-corrected chi connectivity index (χ0v) is 20.8. The number of benzene rings is 2. The largest absolute Gasteiger partial charge is 0.493 e. The van der Waals surface area contributed by atoms with E-state index in [9.17, 15) is 4.57 Å². The van der Waals surface area contributed by atoms with Crippen molar-refractivity contribution < 1.29 is 23.1 Å². The molecule has 0 bridgehead atoms. The number of ether oxygens (including phenoxy) is 2. The van der Waals surface area contributed by atoms with Gasteiger partial charge in [-0.15, -0.1) is 6.42 Å². The van der Waals surface area contributed by atoms with Crippen LogP contribution in [-0.4, -0.2) is 57.1 Å². The average molecular weight is 474 g/mol. The molecule has 0 saturated carbocycles. The lowest BCUT2D eigenvalue weighted by Gasteiger charge is -2.26. The van der Waals surface area contributed by atoms with Crippen molar-refractivity contribution in [1.82, 2.24) is 4.90 Å². The van der Waals surface area contributed by atoms with Crippen molar-refractivity contribution in [2.75, 3.05) is 46.2 Å². The number of nitrogens with zero attached hydrogens (tertiary/aromatic N) is 1. The predicted molar refractivity (Wildman–Crippen MR) is 133 cm³/mol. The van der Waals surface area contributed by atoms with Crippen LogP contribution in [0.3, 0.4) is 0 Å². The molecule has 0 N–H and O–H groups in total. The molecule has 7 heteroatoms. The van der Waals surface area contributed by atoms with E-state index >= 15 is 0 Å². The van der Waals surface area contributed by atoms with Crippen LogP contribution in [0.1, 0.15) is 25.0 Å². The molecule has 0 radical (unpaired) electrons. The molecule has 2 aromatic carbocycles. The van der Waals surface area contributed by atoms with Gasteiger partial charge in [-0.05, 0) is 50.6 Å². The van der Waals surface area contributed by atoms with Crippen LogP contribution in [0.25, 0.3) is 0 Å². The highest BCUT2D eigenvalue weighted by Gasteiger charge is 2.23. The van der Waals surface area contributed by atoms with E-state index in [1.54, 1.807) is 13.8 Å². The van der Waals surface area contributed by atoms with Gasteiger partial charge in [0.1, 0.15) is 5.75 Å². The molecule has 0 aliphatic heterocycles. The first kappa shape index (κ1) is 27.1. The lowest BCUT2D eigenvalue weighted by atomic mass is 10.1. The summed E-state index contributed by atoms with van der Waals surface area (Å²) in [5, 5.41) is 0. The number of terminal acetylenes is 1. The van der Waals surface area contributed by atoms with Gasteiger partial charge in [-0.3, -0.25) is 9.46 Å². The number of hydrogen-bond donors (Lipinski definition) is 0. The molecule has 0 unspecified atom stereocenters. The average Bonchev–Trinajstić information content (AvgIpc) is 2.80. The molecule has 2 rings (SSSR count). The normalized spacial score (nSPS) is 12.5. The van der Waals surface area contributed by atoms with Gasteiger partial charge in [0.15, 0.2) is 0 Å². The highest BCUT2D eigenvalue weighted by Crippen LogP contribution is 2.47. The molecule has 0 spiro atoms. The van der Waals surface area contributed by atoms with Crippen molar-refractivity contribution in [1.29, 1.82) is 0 Å². The first-order valence-electron chi connectivity index (χ1n) is 11.3. The SMILES string of the molecule is C#CCN(C)[C@H](COCc1ccccc1)Cc1ccc(OCCP(=O)(OCC)OCC)cc1. The standard InChI is InChI=1S/C26H36NO5P/c1-5-17-27(4)25(22-29-21-24-11-9-8-10-12-24)20-23-13-15-26(16-14-23)30-18-19-33(28,31-6-2)32-7-3/h1,8-16,25H,6-7,17-22H2,2-4H3/t25-/m0/s1. The summed E-state index contributed by atoms with van der Waals surface area (Å²) in [4.78, 5) is 2.13. The molecule has 180 valence electrons. The molecule has 0 aliphatic carbocycles. The molecule has 0 saturated heterocycles. The Balaban J connectivity index is 1.89. The monoisotopic (exact) mass is 473 g/mol. The molecular weight excluding hydrogens is 437 g/mol. The van der Waals surface area contributed by atoms with Crippen molar-refractivity contribution in [3.05, 3.63) is 65.7 Å². The van der Waals surface area contributed by atoms with Crippen molar-refractivity contribution >= 4 is 7.60 Å². The van der Waals surface area contributed by atoms with Crippen molar-refractivity contribution in [3.8, 4) is 18.1 Å². The van der Waals surface area contributed by atoms with Crippen molar-refractivity contribution in [3.63, 3.8) is 0 Å². The van der Waals surface area contributed by atoms with Crippen LogP contribution in [0, 0.1) is 12.3 Å². The van der Waals surface area contributed by atoms with Crippen LogP contribution in [0.2, 0.25) is 0 Å². The van der Waals surface area contributed by atoms with Crippen LogP contribution in [0.5, 0.6) is 5.75 Å². The summed E-state index contributed by atoms with van der Waals surface area (Å²) in [6.45, 7) is 6.25. The molecule has 0 aliphatic rings. The van der Waals surface area contributed by atoms with E-state index in [-0.39, 0.29) is 18.8 Å². The second-order valence-electron chi connectivity index (χ2n) is 7.64. The molecule has 2 aromatic rings. The maximum absolute atomic E-state index is 12.5. The fourth-order valence-electron chi connectivity index (χ4n) is 3.33. The quantitative estimate of drug-likeness (QED) is 0.252. The Morgan fingerprint density at radius 2 is 1.67 bits per heavy atom. The van der Waals surface area contributed by atoms with E-state index in [4.69, 9.17) is 24.9 Å². The predicted octanol–water partition coefficient (Wildman–Crippen LogP) is 5.02. The van der Waals surface area contributed by atoms with Gasteiger partial charge in [-0.2, -0.15) is 0 Å². The van der Waals surface area contributed by atoms with Crippen molar-refractivity contribution in [2.24, 2.45) is 0 Å². The summed E-state index contributed by atoms with van der Waals surface area (Å²) < 4.78 is 34.9. The molecule has 0 fully saturated rings. The Morgan fingerprint density at radius 1 is 1.00 bits per heavy atom. The smallest absolute Gasteiger partial charge is 0.334 e. The third-order valence-corrected chi connectivity index (χ3v) is 7.10. The molecule has 33 heavy (non-hydrogen) atoms. The molecular formula is C26H36NO5P. The molecule has 1 atom stereocenters. The number of likely N-dealkylation sites (N-methyl/N-ethyl adjacent to an activating group) is 1. The summed E-state index contributed by atoms with van der Waals surface area (Å²) in [6.07, 6.45) is 6.55. The first-order valence-corrected chi connectivity index (χ1v) is 13.1. The van der Waals surface area contributed by atoms with E-state index in [2.05, 4.69) is 23.0 Å². The van der Waals surface area contributed by atoms with Gasteiger partial charge >= 0.3 is 7.60 Å². The van der Waals surface area contributed by atoms with E-state index in [1.165, 1.54) is 0 Å². The second-order valence-corrected chi connectivity index (χ2v) is 9.83. The van der Waals surface area contributed by atoms with Gasteiger partial charge in [0.25, 0.3) is 0 Å². The molecule has 0 heterocycles. The molecule has 6 nitrogen and oxygen atoms in total. The Bertz CT molecular complexity index is 872. The highest BCUT2D eigenvalue weighted by atomic mass is 31.2. The summed E-state index contributed by atoms with van der Waals surface area (Å²) in [5.41, 5.74) is 2.31. The van der Waals surface area contributed by atoms with Crippen LogP contribution in [0.4, 0.5) is 0 Å². The van der Waals surface area contributed by atoms with Gasteiger partial charge in [0.2, 0.25) is 0 Å². The van der Waals surface area contributed by atoms with E-state index < -0.39 is 7.60 Å². The van der Waals surface area contributed by atoms with Crippen molar-refractivity contribution in [2.45, 2.75) is 32.9 Å². The van der Waals surface area contributed by atoms with Gasteiger partial charge in [-0.25, -0.2) is 0 Å². The van der Waals surface area contributed by atoms with Gasteiger partial charge < -0.3 is 18.5 Å². The first-order chi connectivity index (χ1) is 16.0. The summed E-state index contributed by atoms with van der Waals surface area (Å²) in [5.74, 6) is 3.43. The van der Waals surface area contributed by atoms with E-state index in [1.807, 2.05) is 49.5 Å². The van der Waals surface area contributed by atoms with E-state index in [0.29, 0.717) is 38.7 Å². The van der Waals surface area contributed by atoms with Crippen LogP contribution in [0.15, 0.2) is 54.6 Å². The zero-order valence-electron chi connectivity index (χ0n) is 19.9. The Morgan fingerprint density at radius 3 is 2.27 bits per heavy atom. The second kappa shape index (κ2) is 14.9. The van der Waals surface area contributed by atoms with Gasteiger partial charge in [-0.1, -0.05) is 48.4 Å². The topological polar surface area (TPSA) is 57.2 Å².